The van der Waals surface area contributed by atoms with Crippen molar-refractivity contribution in [3.8, 4) is 28.4 Å². The number of ether oxygens (including phenoxy) is 1. The highest BCUT2D eigenvalue weighted by Gasteiger charge is 2.21. The largest absolute Gasteiger partial charge is 0.470 e. The fourth-order valence-electron chi connectivity index (χ4n) is 2.81. The van der Waals surface area contributed by atoms with Crippen LogP contribution in [-0.2, 0) is 0 Å². The van der Waals surface area contributed by atoms with Crippen molar-refractivity contribution in [2.24, 2.45) is 0 Å². The highest BCUT2D eigenvalue weighted by atomic mass is 19.3. The van der Waals surface area contributed by atoms with E-state index < -0.39 is 13.0 Å². The first-order valence-corrected chi connectivity index (χ1v) is 8.04. The van der Waals surface area contributed by atoms with E-state index in [1.807, 2.05) is 12.1 Å². The minimum Gasteiger partial charge on any atom is -0.470 e. The highest BCUT2D eigenvalue weighted by molar-refractivity contribution is 6.02. The average Bonchev–Trinajstić information content (AvgIpc) is 3.07. The van der Waals surface area contributed by atoms with Crippen LogP contribution in [0, 0.1) is 0 Å². The van der Waals surface area contributed by atoms with Crippen molar-refractivity contribution >= 4 is 16.9 Å². The van der Waals surface area contributed by atoms with Crippen molar-refractivity contribution in [2.45, 2.75) is 6.43 Å². The lowest BCUT2D eigenvalue weighted by Gasteiger charge is -2.05. The van der Waals surface area contributed by atoms with Gasteiger partial charge >= 0.3 is 0 Å². The van der Waals surface area contributed by atoms with Gasteiger partial charge in [-0.15, -0.1) is 0 Å². The summed E-state index contributed by atoms with van der Waals surface area (Å²) >= 11 is 0. The molecule has 0 fully saturated rings. The van der Waals surface area contributed by atoms with Crippen LogP contribution >= 0.6 is 0 Å². The lowest BCUT2D eigenvalue weighted by atomic mass is 10.1. The molecule has 0 aliphatic rings. The molecule has 4 rings (SSSR count). The summed E-state index contributed by atoms with van der Waals surface area (Å²) in [5.74, 6) is 0.393. The standard InChI is InChI=1S/C18H14F2N6O/c19-12(20)8-27-18-17-16(24-9-25-18)14(11-3-1-2-5-22-11)15(26-17)10-4-6-23-13(21)7-10/h1-7,9,12,26H,8H2,(H2,21,23). The minimum atomic E-state index is -2.61. The summed E-state index contributed by atoms with van der Waals surface area (Å²) in [5, 5.41) is 0. The number of anilines is 1. The van der Waals surface area contributed by atoms with E-state index in [0.29, 0.717) is 33.8 Å². The van der Waals surface area contributed by atoms with Crippen molar-refractivity contribution in [3.63, 3.8) is 0 Å². The topological polar surface area (TPSA) is 103 Å². The highest BCUT2D eigenvalue weighted by Crippen LogP contribution is 2.38. The summed E-state index contributed by atoms with van der Waals surface area (Å²) < 4.78 is 30.3. The van der Waals surface area contributed by atoms with E-state index in [0.717, 1.165) is 5.56 Å². The molecule has 7 nitrogen and oxygen atoms in total. The Morgan fingerprint density at radius 3 is 2.70 bits per heavy atom. The van der Waals surface area contributed by atoms with Gasteiger partial charge in [0.25, 0.3) is 6.43 Å². The summed E-state index contributed by atoms with van der Waals surface area (Å²) in [6.45, 7) is -0.762. The van der Waals surface area contributed by atoms with Gasteiger partial charge in [0.2, 0.25) is 5.88 Å². The van der Waals surface area contributed by atoms with E-state index in [1.54, 1.807) is 30.6 Å². The van der Waals surface area contributed by atoms with Gasteiger partial charge in [0, 0.05) is 18.0 Å². The number of alkyl halides is 2. The fourth-order valence-corrected chi connectivity index (χ4v) is 2.81. The molecule has 4 aromatic heterocycles. The number of H-pyrrole nitrogens is 1. The molecule has 0 aliphatic heterocycles. The molecule has 136 valence electrons. The number of nitrogen functional groups attached to an aromatic ring is 1. The lowest BCUT2D eigenvalue weighted by molar-refractivity contribution is 0.0803. The van der Waals surface area contributed by atoms with Gasteiger partial charge in [-0.2, -0.15) is 4.98 Å². The zero-order valence-electron chi connectivity index (χ0n) is 13.9. The quantitative estimate of drug-likeness (QED) is 0.560. The number of aromatic nitrogens is 5. The van der Waals surface area contributed by atoms with Crippen molar-refractivity contribution in [1.82, 2.24) is 24.9 Å². The Hall–Kier alpha value is -3.62. The molecule has 27 heavy (non-hydrogen) atoms. The molecule has 0 saturated heterocycles. The smallest absolute Gasteiger partial charge is 0.272 e. The number of nitrogens with zero attached hydrogens (tertiary/aromatic N) is 4. The number of aromatic amines is 1. The monoisotopic (exact) mass is 368 g/mol. The summed E-state index contributed by atoms with van der Waals surface area (Å²) in [6, 6.07) is 8.96. The third kappa shape index (κ3) is 3.26. The Morgan fingerprint density at radius 1 is 1.07 bits per heavy atom. The molecule has 0 radical (unpaired) electrons. The van der Waals surface area contributed by atoms with Crippen LogP contribution < -0.4 is 10.5 Å². The van der Waals surface area contributed by atoms with Crippen LogP contribution in [0.2, 0.25) is 0 Å². The third-order valence-corrected chi connectivity index (χ3v) is 3.89. The third-order valence-electron chi connectivity index (χ3n) is 3.89. The number of pyridine rings is 2. The van der Waals surface area contributed by atoms with Crippen LogP contribution in [-0.4, -0.2) is 38.0 Å². The van der Waals surface area contributed by atoms with Crippen LogP contribution in [0.25, 0.3) is 33.5 Å². The first-order chi connectivity index (χ1) is 13.1. The molecule has 0 aliphatic carbocycles. The van der Waals surface area contributed by atoms with E-state index in [1.165, 1.54) is 6.33 Å². The SMILES string of the molecule is Nc1cc(-c2[nH]c3c(OCC(F)F)ncnc3c2-c2ccccn2)ccn1. The maximum Gasteiger partial charge on any atom is 0.272 e. The Bertz CT molecular complexity index is 1080. The number of rotatable bonds is 5. The number of fused-ring (bicyclic) bond motifs is 1. The van der Waals surface area contributed by atoms with E-state index in [4.69, 9.17) is 10.5 Å². The van der Waals surface area contributed by atoms with Crippen LogP contribution in [0.15, 0.2) is 49.1 Å². The normalized spacial score (nSPS) is 11.2. The first-order valence-electron chi connectivity index (χ1n) is 8.04. The second kappa shape index (κ2) is 6.94. The summed E-state index contributed by atoms with van der Waals surface area (Å²) in [6.07, 6.45) is 1.90. The summed E-state index contributed by atoms with van der Waals surface area (Å²) in [7, 11) is 0. The van der Waals surface area contributed by atoms with Crippen molar-refractivity contribution < 1.29 is 13.5 Å². The number of nitrogens with two attached hydrogens (primary N) is 1. The molecule has 3 N–H and O–H groups in total. The molecule has 0 saturated carbocycles. The number of hydrogen-bond acceptors (Lipinski definition) is 6. The van der Waals surface area contributed by atoms with Crippen molar-refractivity contribution in [1.29, 1.82) is 0 Å². The average molecular weight is 368 g/mol. The van der Waals surface area contributed by atoms with Crippen LogP contribution in [0.4, 0.5) is 14.6 Å². The molecular formula is C18H14F2N6O. The predicted molar refractivity (Wildman–Crippen MR) is 96.3 cm³/mol. The molecule has 9 heteroatoms. The molecule has 4 heterocycles. The second-order valence-electron chi connectivity index (χ2n) is 5.66. The molecular weight excluding hydrogens is 354 g/mol. The van der Waals surface area contributed by atoms with Crippen LogP contribution in [0.5, 0.6) is 5.88 Å². The summed E-state index contributed by atoms with van der Waals surface area (Å²) in [5.41, 5.74) is 9.50. The number of hydrogen-bond donors (Lipinski definition) is 2. The maximum atomic E-state index is 12.6. The van der Waals surface area contributed by atoms with Gasteiger partial charge in [-0.3, -0.25) is 4.98 Å². The summed E-state index contributed by atoms with van der Waals surface area (Å²) in [4.78, 5) is 19.9. The zero-order chi connectivity index (χ0) is 18.8. The van der Waals surface area contributed by atoms with Crippen molar-refractivity contribution in [2.75, 3.05) is 12.3 Å². The van der Waals surface area contributed by atoms with Gasteiger partial charge < -0.3 is 15.5 Å². The van der Waals surface area contributed by atoms with E-state index in [9.17, 15) is 8.78 Å². The lowest BCUT2D eigenvalue weighted by Crippen LogP contribution is -2.08. The van der Waals surface area contributed by atoms with Gasteiger partial charge in [0.15, 0.2) is 6.61 Å². The Labute approximate surface area is 152 Å². The zero-order valence-corrected chi connectivity index (χ0v) is 13.9. The van der Waals surface area contributed by atoms with E-state index >= 15 is 0 Å². The first kappa shape index (κ1) is 16.8. The van der Waals surface area contributed by atoms with Crippen LogP contribution in [0.3, 0.4) is 0 Å². The van der Waals surface area contributed by atoms with Crippen LogP contribution in [0.1, 0.15) is 0 Å². The molecule has 0 amide bonds. The predicted octanol–water partition coefficient (Wildman–Crippen LogP) is 3.31. The molecule has 0 bridgehead atoms. The maximum absolute atomic E-state index is 12.6. The van der Waals surface area contributed by atoms with Gasteiger partial charge in [-0.05, 0) is 24.3 Å². The van der Waals surface area contributed by atoms with Gasteiger partial charge in [-0.1, -0.05) is 6.07 Å². The van der Waals surface area contributed by atoms with Gasteiger partial charge in [0.05, 0.1) is 17.0 Å². The Kier molecular flexibility index (Phi) is 4.33. The Balaban J connectivity index is 1.97. The molecule has 0 unspecified atom stereocenters. The van der Waals surface area contributed by atoms with Gasteiger partial charge in [-0.25, -0.2) is 18.7 Å². The molecule has 0 spiro atoms. The van der Waals surface area contributed by atoms with E-state index in [2.05, 4.69) is 24.9 Å². The fraction of sp³-hybridized carbons (Fsp3) is 0.111. The molecule has 4 aromatic rings. The number of halogens is 2. The van der Waals surface area contributed by atoms with Gasteiger partial charge in [0.1, 0.15) is 23.2 Å². The minimum absolute atomic E-state index is 0.0470. The molecule has 0 atom stereocenters. The van der Waals surface area contributed by atoms with E-state index in [-0.39, 0.29) is 5.88 Å². The second-order valence-corrected chi connectivity index (χ2v) is 5.66. The Morgan fingerprint density at radius 2 is 1.96 bits per heavy atom. The number of nitrogens with one attached hydrogen (secondary N) is 1. The van der Waals surface area contributed by atoms with Crippen molar-refractivity contribution in [3.05, 3.63) is 49.1 Å². The molecule has 0 aromatic carbocycles.